The van der Waals surface area contributed by atoms with Gasteiger partial charge in [-0.1, -0.05) is 29.8 Å². The first-order valence-corrected chi connectivity index (χ1v) is 9.21. The minimum absolute atomic E-state index is 0.210. The molecule has 134 valence electrons. The summed E-state index contributed by atoms with van der Waals surface area (Å²) in [4.78, 5) is 0. The minimum atomic E-state index is -0.210. The summed E-state index contributed by atoms with van der Waals surface area (Å²) in [5.74, 6) is -0.210. The smallest absolute Gasteiger partial charge is 0.207 e. The van der Waals surface area contributed by atoms with Crippen molar-refractivity contribution in [3.63, 3.8) is 0 Å². The molecular formula is C25H23FN+. The predicted octanol–water partition coefficient (Wildman–Crippen LogP) is 6.06. The lowest BCUT2D eigenvalue weighted by Gasteiger charge is -2.11. The molecule has 0 unspecified atom stereocenters. The number of fused-ring (bicyclic) bond motifs is 1. The van der Waals surface area contributed by atoms with Gasteiger partial charge in [0.05, 0.1) is 0 Å². The van der Waals surface area contributed by atoms with Crippen molar-refractivity contribution >= 4 is 10.9 Å². The second kappa shape index (κ2) is 6.62. The van der Waals surface area contributed by atoms with E-state index in [-0.39, 0.29) is 5.82 Å². The fourth-order valence-electron chi connectivity index (χ4n) is 3.78. The van der Waals surface area contributed by atoms with Gasteiger partial charge in [-0.2, -0.15) is 4.57 Å². The van der Waals surface area contributed by atoms with Crippen molar-refractivity contribution in [1.29, 1.82) is 0 Å². The summed E-state index contributed by atoms with van der Waals surface area (Å²) in [5, 5.41) is 1.19. The van der Waals surface area contributed by atoms with Crippen LogP contribution in [0.5, 0.6) is 0 Å². The first kappa shape index (κ1) is 17.4. The lowest BCUT2D eigenvalue weighted by Crippen LogP contribution is -2.32. The molecule has 3 aromatic carbocycles. The number of pyridine rings is 1. The van der Waals surface area contributed by atoms with Gasteiger partial charge in [-0.15, -0.1) is 0 Å². The number of nitrogens with zero attached hydrogens (tertiary/aromatic N) is 1. The Morgan fingerprint density at radius 2 is 1.41 bits per heavy atom. The molecule has 0 bridgehead atoms. The second-order valence-corrected chi connectivity index (χ2v) is 7.31. The van der Waals surface area contributed by atoms with Gasteiger partial charge < -0.3 is 0 Å². The number of aromatic nitrogens is 1. The van der Waals surface area contributed by atoms with Crippen molar-refractivity contribution in [3.05, 3.63) is 89.2 Å². The molecule has 0 amide bonds. The molecule has 4 aromatic rings. The van der Waals surface area contributed by atoms with Gasteiger partial charge in [-0.05, 0) is 73.4 Å². The first-order valence-electron chi connectivity index (χ1n) is 9.21. The molecule has 27 heavy (non-hydrogen) atoms. The topological polar surface area (TPSA) is 3.88 Å². The normalized spacial score (nSPS) is 11.1. The van der Waals surface area contributed by atoms with E-state index in [4.69, 9.17) is 0 Å². The molecule has 0 aliphatic heterocycles. The molecule has 0 aliphatic carbocycles. The quantitative estimate of drug-likeness (QED) is 0.384. The van der Waals surface area contributed by atoms with Gasteiger partial charge in [0, 0.05) is 23.1 Å². The van der Waals surface area contributed by atoms with Gasteiger partial charge in [0.1, 0.15) is 12.9 Å². The monoisotopic (exact) mass is 356 g/mol. The van der Waals surface area contributed by atoms with E-state index >= 15 is 0 Å². The number of halogens is 1. The molecule has 2 heteroatoms. The molecule has 0 spiro atoms. The highest BCUT2D eigenvalue weighted by Gasteiger charge is 2.17. The van der Waals surface area contributed by atoms with Crippen LogP contribution in [-0.4, -0.2) is 0 Å². The summed E-state index contributed by atoms with van der Waals surface area (Å²) in [5.41, 5.74) is 9.63. The van der Waals surface area contributed by atoms with Gasteiger partial charge in [0.15, 0.2) is 0 Å². The third-order valence-electron chi connectivity index (χ3n) is 5.44. The Kier molecular flexibility index (Phi) is 4.27. The standard InChI is InChI=1S/C25H23FN/c1-16-13-17(2)18(3)23(14-16)24-12-9-20-5-6-21(15-25(20)27(24)4)19-7-10-22(26)11-8-19/h5-15H,1-4H3/q+1. The minimum Gasteiger partial charge on any atom is -0.207 e. The zero-order chi connectivity index (χ0) is 19.1. The van der Waals surface area contributed by atoms with Gasteiger partial charge in [0.25, 0.3) is 0 Å². The largest absolute Gasteiger partial charge is 0.213 e. The second-order valence-electron chi connectivity index (χ2n) is 7.31. The maximum Gasteiger partial charge on any atom is 0.213 e. The summed E-state index contributed by atoms with van der Waals surface area (Å²) in [6.45, 7) is 6.49. The van der Waals surface area contributed by atoms with Crippen LogP contribution in [0.2, 0.25) is 0 Å². The zero-order valence-corrected chi connectivity index (χ0v) is 16.2. The van der Waals surface area contributed by atoms with E-state index < -0.39 is 0 Å². The maximum absolute atomic E-state index is 13.3. The van der Waals surface area contributed by atoms with Crippen LogP contribution in [0.25, 0.3) is 33.3 Å². The molecule has 0 fully saturated rings. The van der Waals surface area contributed by atoms with Crippen LogP contribution in [0, 0.1) is 26.6 Å². The van der Waals surface area contributed by atoms with Gasteiger partial charge in [0.2, 0.25) is 11.2 Å². The predicted molar refractivity (Wildman–Crippen MR) is 110 cm³/mol. The Hall–Kier alpha value is -3.00. The van der Waals surface area contributed by atoms with E-state index in [1.807, 2.05) is 12.1 Å². The molecule has 1 nitrogen and oxygen atoms in total. The highest BCUT2D eigenvalue weighted by atomic mass is 19.1. The van der Waals surface area contributed by atoms with Crippen molar-refractivity contribution in [2.75, 3.05) is 0 Å². The number of benzene rings is 3. The van der Waals surface area contributed by atoms with Crippen molar-refractivity contribution in [2.24, 2.45) is 7.05 Å². The average Bonchev–Trinajstić information content (AvgIpc) is 2.66. The van der Waals surface area contributed by atoms with Crippen LogP contribution >= 0.6 is 0 Å². The zero-order valence-electron chi connectivity index (χ0n) is 16.2. The van der Waals surface area contributed by atoms with Crippen LogP contribution < -0.4 is 4.57 Å². The summed E-state index contributed by atoms with van der Waals surface area (Å²) in [6.07, 6.45) is 0. The van der Waals surface area contributed by atoms with E-state index in [0.29, 0.717) is 0 Å². The molecule has 0 saturated carbocycles. The summed E-state index contributed by atoms with van der Waals surface area (Å²) < 4.78 is 15.5. The van der Waals surface area contributed by atoms with E-state index in [0.717, 1.165) is 16.6 Å². The van der Waals surface area contributed by atoms with Crippen molar-refractivity contribution in [2.45, 2.75) is 20.8 Å². The molecule has 1 aromatic heterocycles. The SMILES string of the molecule is Cc1cc(C)c(C)c(-c2ccc3ccc(-c4ccc(F)cc4)cc3[n+]2C)c1. The maximum atomic E-state index is 13.3. The molecule has 0 radical (unpaired) electrons. The number of rotatable bonds is 2. The fourth-order valence-corrected chi connectivity index (χ4v) is 3.78. The van der Waals surface area contributed by atoms with Crippen LogP contribution in [0.3, 0.4) is 0 Å². The van der Waals surface area contributed by atoms with Crippen molar-refractivity contribution < 1.29 is 8.96 Å². The summed E-state index contributed by atoms with van der Waals surface area (Å²) in [6, 6.07) is 21.9. The number of hydrogen-bond donors (Lipinski definition) is 0. The molecular weight excluding hydrogens is 333 g/mol. The van der Waals surface area contributed by atoms with Gasteiger partial charge >= 0.3 is 0 Å². The number of hydrogen-bond acceptors (Lipinski definition) is 0. The van der Waals surface area contributed by atoms with Crippen molar-refractivity contribution in [1.82, 2.24) is 0 Å². The Morgan fingerprint density at radius 1 is 0.741 bits per heavy atom. The van der Waals surface area contributed by atoms with E-state index in [2.05, 4.69) is 74.9 Å². The molecule has 1 heterocycles. The van der Waals surface area contributed by atoms with E-state index in [1.165, 1.54) is 45.5 Å². The highest BCUT2D eigenvalue weighted by Crippen LogP contribution is 2.28. The third kappa shape index (κ3) is 3.12. The van der Waals surface area contributed by atoms with Crippen molar-refractivity contribution in [3.8, 4) is 22.4 Å². The van der Waals surface area contributed by atoms with Crippen LogP contribution in [0.15, 0.2) is 66.7 Å². The lowest BCUT2D eigenvalue weighted by atomic mass is 9.96. The highest BCUT2D eigenvalue weighted by molar-refractivity contribution is 5.83. The Labute approximate surface area is 159 Å². The summed E-state index contributed by atoms with van der Waals surface area (Å²) >= 11 is 0. The van der Waals surface area contributed by atoms with E-state index in [1.54, 1.807) is 0 Å². The Balaban J connectivity index is 1.92. The third-order valence-corrected chi connectivity index (χ3v) is 5.44. The Morgan fingerprint density at radius 3 is 2.15 bits per heavy atom. The number of aryl methyl sites for hydroxylation is 3. The lowest BCUT2D eigenvalue weighted by molar-refractivity contribution is -0.633. The molecule has 0 atom stereocenters. The summed E-state index contributed by atoms with van der Waals surface area (Å²) in [7, 11) is 2.11. The average molecular weight is 356 g/mol. The van der Waals surface area contributed by atoms with Crippen LogP contribution in [-0.2, 0) is 7.05 Å². The molecule has 4 rings (SSSR count). The van der Waals surface area contributed by atoms with Crippen LogP contribution in [0.4, 0.5) is 4.39 Å². The molecule has 0 N–H and O–H groups in total. The Bertz CT molecular complexity index is 1160. The fraction of sp³-hybridized carbons (Fsp3) is 0.160. The van der Waals surface area contributed by atoms with Gasteiger partial charge in [-0.25, -0.2) is 4.39 Å². The van der Waals surface area contributed by atoms with Gasteiger partial charge in [-0.3, -0.25) is 0 Å². The molecule has 0 aliphatic rings. The molecule has 0 saturated heterocycles. The van der Waals surface area contributed by atoms with E-state index in [9.17, 15) is 4.39 Å². The first-order chi connectivity index (χ1) is 12.9. The van der Waals surface area contributed by atoms with Crippen LogP contribution in [0.1, 0.15) is 16.7 Å².